The number of fused-ring (bicyclic) bond motifs is 1. The van der Waals surface area contributed by atoms with E-state index in [2.05, 4.69) is 15.5 Å². The van der Waals surface area contributed by atoms with Crippen molar-refractivity contribution in [3.63, 3.8) is 0 Å². The standard InChI is InChI=1S/C25H29ClN4O4S2/c1-15(34-17-10-8-9-16(26)13-17)22-28-29-25(30(22)2)35-14-20(31)27-23-21(24(32)33-3)18-11-6-4-5-7-12-19(18)36-23/h8-10,13,15H,4-7,11-12,14H2,1-3H3,(H,27,31). The first-order valence-electron chi connectivity index (χ1n) is 11.8. The number of hydrogen-bond acceptors (Lipinski definition) is 8. The van der Waals surface area contributed by atoms with Crippen LogP contribution in [0.25, 0.3) is 0 Å². The molecular weight excluding hydrogens is 520 g/mol. The molecule has 1 N–H and O–H groups in total. The number of halogens is 1. The summed E-state index contributed by atoms with van der Waals surface area (Å²) in [6, 6.07) is 7.17. The number of aryl methyl sites for hydroxylation is 1. The SMILES string of the molecule is COC(=O)c1c(NC(=O)CSc2nnc(C(C)Oc3cccc(Cl)c3)n2C)sc2c1CCCCCC2. The molecule has 1 aliphatic rings. The summed E-state index contributed by atoms with van der Waals surface area (Å²) in [5.41, 5.74) is 1.53. The molecule has 2 aromatic heterocycles. The van der Waals surface area contributed by atoms with Crippen molar-refractivity contribution >= 4 is 51.6 Å². The largest absolute Gasteiger partial charge is 0.483 e. The van der Waals surface area contributed by atoms with Gasteiger partial charge in [0.05, 0.1) is 18.4 Å². The van der Waals surface area contributed by atoms with E-state index in [1.807, 2.05) is 30.7 Å². The minimum Gasteiger partial charge on any atom is -0.483 e. The van der Waals surface area contributed by atoms with Gasteiger partial charge in [-0.05, 0) is 56.4 Å². The molecule has 1 amide bonds. The van der Waals surface area contributed by atoms with Crippen LogP contribution in [0.1, 0.15) is 65.3 Å². The van der Waals surface area contributed by atoms with Gasteiger partial charge in [0.15, 0.2) is 17.1 Å². The van der Waals surface area contributed by atoms with Crippen molar-refractivity contribution in [1.29, 1.82) is 0 Å². The van der Waals surface area contributed by atoms with Gasteiger partial charge in [0.25, 0.3) is 0 Å². The second-order valence-corrected chi connectivity index (χ2v) is 11.1. The Balaban J connectivity index is 1.41. The fourth-order valence-corrected chi connectivity index (χ4v) is 6.41. The Labute approximate surface area is 223 Å². The lowest BCUT2D eigenvalue weighted by atomic mass is 9.96. The van der Waals surface area contributed by atoms with Crippen LogP contribution in [0.3, 0.4) is 0 Å². The lowest BCUT2D eigenvalue weighted by molar-refractivity contribution is -0.113. The van der Waals surface area contributed by atoms with Crippen LogP contribution in [0.4, 0.5) is 5.00 Å². The van der Waals surface area contributed by atoms with Crippen molar-refractivity contribution in [2.45, 2.75) is 56.7 Å². The molecule has 1 atom stereocenters. The van der Waals surface area contributed by atoms with Crippen molar-refractivity contribution in [1.82, 2.24) is 14.8 Å². The number of amides is 1. The van der Waals surface area contributed by atoms with E-state index < -0.39 is 5.97 Å². The molecular formula is C25H29ClN4O4S2. The molecule has 3 aromatic rings. The molecule has 1 unspecified atom stereocenters. The van der Waals surface area contributed by atoms with Crippen molar-refractivity contribution in [2.24, 2.45) is 7.05 Å². The topological polar surface area (TPSA) is 95.3 Å². The molecule has 0 saturated carbocycles. The van der Waals surface area contributed by atoms with Gasteiger partial charge in [-0.25, -0.2) is 4.79 Å². The van der Waals surface area contributed by atoms with Crippen molar-refractivity contribution in [2.75, 3.05) is 18.2 Å². The van der Waals surface area contributed by atoms with Gasteiger partial charge in [0.1, 0.15) is 10.8 Å². The van der Waals surface area contributed by atoms with E-state index >= 15 is 0 Å². The van der Waals surface area contributed by atoms with Gasteiger partial charge >= 0.3 is 5.97 Å². The minimum absolute atomic E-state index is 0.124. The highest BCUT2D eigenvalue weighted by atomic mass is 35.5. The molecule has 0 spiro atoms. The third-order valence-corrected chi connectivity index (χ3v) is 8.45. The van der Waals surface area contributed by atoms with Crippen LogP contribution in [0.15, 0.2) is 29.4 Å². The second kappa shape index (κ2) is 12.1. The number of hydrogen-bond donors (Lipinski definition) is 1. The summed E-state index contributed by atoms with van der Waals surface area (Å²) >= 11 is 8.80. The number of ether oxygens (including phenoxy) is 2. The van der Waals surface area contributed by atoms with Crippen molar-refractivity contribution in [3.05, 3.63) is 51.1 Å². The Bertz CT molecular complexity index is 1240. The van der Waals surface area contributed by atoms with Crippen LogP contribution in [0.2, 0.25) is 5.02 Å². The average molecular weight is 549 g/mol. The molecule has 0 saturated heterocycles. The van der Waals surface area contributed by atoms with Gasteiger partial charge in [-0.3, -0.25) is 4.79 Å². The van der Waals surface area contributed by atoms with E-state index in [9.17, 15) is 9.59 Å². The van der Waals surface area contributed by atoms with Crippen LogP contribution in [-0.4, -0.2) is 39.5 Å². The number of aromatic nitrogens is 3. The molecule has 4 rings (SSSR count). The number of rotatable bonds is 8. The summed E-state index contributed by atoms with van der Waals surface area (Å²) in [6.07, 6.45) is 5.85. The summed E-state index contributed by atoms with van der Waals surface area (Å²) < 4.78 is 12.8. The predicted octanol–water partition coefficient (Wildman–Crippen LogP) is 5.85. The number of carbonyl (C=O) groups is 2. The summed E-state index contributed by atoms with van der Waals surface area (Å²) in [5, 5.41) is 13.2. The fourth-order valence-electron chi connectivity index (χ4n) is 4.22. The van der Waals surface area contributed by atoms with Gasteiger partial charge in [-0.2, -0.15) is 0 Å². The van der Waals surface area contributed by atoms with Crippen molar-refractivity contribution in [3.8, 4) is 5.75 Å². The number of thiophene rings is 1. The van der Waals surface area contributed by atoms with E-state index in [0.29, 0.717) is 32.3 Å². The molecule has 0 radical (unpaired) electrons. The van der Waals surface area contributed by atoms with E-state index in [0.717, 1.165) is 37.7 Å². The summed E-state index contributed by atoms with van der Waals surface area (Å²) in [5.74, 6) is 0.773. The van der Waals surface area contributed by atoms with Crippen LogP contribution in [0, 0.1) is 0 Å². The summed E-state index contributed by atoms with van der Waals surface area (Å²) in [6.45, 7) is 1.88. The molecule has 0 aliphatic heterocycles. The lowest BCUT2D eigenvalue weighted by Gasteiger charge is -2.14. The average Bonchev–Trinajstić information content (AvgIpc) is 3.36. The monoisotopic (exact) mass is 548 g/mol. The van der Waals surface area contributed by atoms with Gasteiger partial charge < -0.3 is 19.4 Å². The number of benzene rings is 1. The minimum atomic E-state index is -0.400. The highest BCUT2D eigenvalue weighted by Crippen LogP contribution is 2.37. The highest BCUT2D eigenvalue weighted by molar-refractivity contribution is 7.99. The summed E-state index contributed by atoms with van der Waals surface area (Å²) in [7, 11) is 3.21. The van der Waals surface area contributed by atoms with E-state index in [1.165, 1.54) is 41.5 Å². The summed E-state index contributed by atoms with van der Waals surface area (Å²) in [4.78, 5) is 26.6. The quantitative estimate of drug-likeness (QED) is 0.279. The number of methoxy groups -OCH3 is 1. The lowest BCUT2D eigenvalue weighted by Crippen LogP contribution is -2.17. The smallest absolute Gasteiger partial charge is 0.341 e. The maximum Gasteiger partial charge on any atom is 0.341 e. The van der Waals surface area contributed by atoms with Crippen molar-refractivity contribution < 1.29 is 19.1 Å². The van der Waals surface area contributed by atoms with Crippen LogP contribution in [-0.2, 0) is 29.4 Å². The van der Waals surface area contributed by atoms with Gasteiger partial charge in [0, 0.05) is 16.9 Å². The first-order valence-corrected chi connectivity index (χ1v) is 14.0. The van der Waals surface area contributed by atoms with Gasteiger partial charge in [-0.15, -0.1) is 21.5 Å². The fraction of sp³-hybridized carbons (Fsp3) is 0.440. The molecule has 11 heteroatoms. The maximum atomic E-state index is 12.9. The number of esters is 1. The highest BCUT2D eigenvalue weighted by Gasteiger charge is 2.26. The van der Waals surface area contributed by atoms with E-state index in [4.69, 9.17) is 21.1 Å². The van der Waals surface area contributed by atoms with Gasteiger partial charge in [-0.1, -0.05) is 42.3 Å². The third-order valence-electron chi connectivity index (χ3n) is 5.99. The number of anilines is 1. The predicted molar refractivity (Wildman–Crippen MR) is 142 cm³/mol. The molecule has 0 fully saturated rings. The van der Waals surface area contributed by atoms with Crippen LogP contribution < -0.4 is 10.1 Å². The molecule has 2 heterocycles. The number of carbonyl (C=O) groups excluding carboxylic acids is 2. The zero-order valence-corrected chi connectivity index (χ0v) is 22.9. The first-order chi connectivity index (χ1) is 17.4. The molecule has 36 heavy (non-hydrogen) atoms. The number of nitrogens with one attached hydrogen (secondary N) is 1. The molecule has 1 aliphatic carbocycles. The molecule has 8 nitrogen and oxygen atoms in total. The third kappa shape index (κ3) is 6.22. The zero-order chi connectivity index (χ0) is 25.7. The Morgan fingerprint density at radius 2 is 2.00 bits per heavy atom. The normalized spacial score (nSPS) is 14.3. The Morgan fingerprint density at radius 1 is 1.22 bits per heavy atom. The second-order valence-electron chi connectivity index (χ2n) is 8.57. The van der Waals surface area contributed by atoms with Crippen LogP contribution in [0.5, 0.6) is 5.75 Å². The zero-order valence-electron chi connectivity index (χ0n) is 20.5. The number of nitrogens with zero attached hydrogens (tertiary/aromatic N) is 3. The molecule has 1 aromatic carbocycles. The Hall–Kier alpha value is -2.56. The maximum absolute atomic E-state index is 12.9. The van der Waals surface area contributed by atoms with E-state index in [-0.39, 0.29) is 17.8 Å². The molecule has 0 bridgehead atoms. The van der Waals surface area contributed by atoms with Gasteiger partial charge in [0.2, 0.25) is 5.91 Å². The first kappa shape index (κ1) is 26.5. The Kier molecular flexibility index (Phi) is 8.92. The number of thioether (sulfide) groups is 1. The van der Waals surface area contributed by atoms with Crippen LogP contribution >= 0.6 is 34.7 Å². The van der Waals surface area contributed by atoms with E-state index in [1.54, 1.807) is 12.1 Å². The molecule has 192 valence electrons. The Morgan fingerprint density at radius 3 is 2.75 bits per heavy atom.